The van der Waals surface area contributed by atoms with Crippen molar-refractivity contribution >= 4 is 22.7 Å². The number of para-hydroxylation sites is 1. The molecule has 0 saturated heterocycles. The van der Waals surface area contributed by atoms with Crippen molar-refractivity contribution in [2.45, 2.75) is 19.3 Å². The normalized spacial score (nSPS) is 12.2. The van der Waals surface area contributed by atoms with Gasteiger partial charge in [-0.2, -0.15) is 0 Å². The van der Waals surface area contributed by atoms with E-state index in [0.717, 1.165) is 16.5 Å². The minimum Gasteiger partial charge on any atom is -0.481 e. The first kappa shape index (κ1) is 16.0. The third-order valence-electron chi connectivity index (χ3n) is 4.36. The highest BCUT2D eigenvalue weighted by Crippen LogP contribution is 2.30. The second-order valence-corrected chi connectivity index (χ2v) is 6.10. The van der Waals surface area contributed by atoms with Gasteiger partial charge in [0.15, 0.2) is 5.78 Å². The number of Topliss-reactive ketones (excluding diaryl/α,β-unsaturated/α-hetero) is 1. The van der Waals surface area contributed by atoms with E-state index in [1.54, 1.807) is 12.1 Å². The van der Waals surface area contributed by atoms with Gasteiger partial charge in [0.25, 0.3) is 0 Å². The van der Waals surface area contributed by atoms with E-state index < -0.39 is 11.9 Å². The molecule has 0 aliphatic heterocycles. The molecule has 1 atom stereocenters. The van der Waals surface area contributed by atoms with E-state index in [0.29, 0.717) is 11.1 Å². The summed E-state index contributed by atoms with van der Waals surface area (Å²) in [4.78, 5) is 24.3. The van der Waals surface area contributed by atoms with Crippen LogP contribution in [0.4, 0.5) is 0 Å². The van der Waals surface area contributed by atoms with E-state index in [-0.39, 0.29) is 12.2 Å². The quantitative estimate of drug-likeness (QED) is 0.724. The van der Waals surface area contributed by atoms with Crippen LogP contribution in [0.25, 0.3) is 10.9 Å². The molecule has 3 rings (SSSR count). The second-order valence-electron chi connectivity index (χ2n) is 6.10. The van der Waals surface area contributed by atoms with Crippen LogP contribution in [-0.2, 0) is 11.8 Å². The van der Waals surface area contributed by atoms with Crippen LogP contribution in [0.15, 0.2) is 54.7 Å². The molecule has 0 saturated carbocycles. The number of aromatic nitrogens is 1. The lowest BCUT2D eigenvalue weighted by Gasteiger charge is -2.11. The molecule has 0 aliphatic rings. The number of aryl methyl sites for hydroxylation is 2. The van der Waals surface area contributed by atoms with Crippen LogP contribution < -0.4 is 0 Å². The predicted molar refractivity (Wildman–Crippen MR) is 93.4 cm³/mol. The zero-order chi connectivity index (χ0) is 17.3. The average molecular weight is 321 g/mol. The van der Waals surface area contributed by atoms with Crippen LogP contribution in [0.3, 0.4) is 0 Å². The summed E-state index contributed by atoms with van der Waals surface area (Å²) >= 11 is 0. The molecule has 0 bridgehead atoms. The third kappa shape index (κ3) is 2.95. The fourth-order valence-electron chi connectivity index (χ4n) is 3.02. The Morgan fingerprint density at radius 3 is 2.42 bits per heavy atom. The van der Waals surface area contributed by atoms with Crippen molar-refractivity contribution in [1.82, 2.24) is 4.57 Å². The molecule has 0 spiro atoms. The zero-order valence-electron chi connectivity index (χ0n) is 13.7. The van der Waals surface area contributed by atoms with Gasteiger partial charge in [-0.15, -0.1) is 0 Å². The predicted octanol–water partition coefficient (Wildman–Crippen LogP) is 3.93. The summed E-state index contributed by atoms with van der Waals surface area (Å²) < 4.78 is 1.90. The molecule has 4 heteroatoms. The molecule has 2 aromatic carbocycles. The van der Waals surface area contributed by atoms with Crippen molar-refractivity contribution in [2.75, 3.05) is 0 Å². The van der Waals surface area contributed by atoms with E-state index in [9.17, 15) is 14.7 Å². The number of hydrogen-bond acceptors (Lipinski definition) is 2. The second kappa shape index (κ2) is 6.32. The summed E-state index contributed by atoms with van der Waals surface area (Å²) in [6.07, 6.45) is 1.76. The number of ketones is 1. The summed E-state index contributed by atoms with van der Waals surface area (Å²) in [6, 6.07) is 14.9. The number of carbonyl (C=O) groups excluding carboxylic acids is 1. The lowest BCUT2D eigenvalue weighted by molar-refractivity contribution is -0.138. The number of benzene rings is 2. The van der Waals surface area contributed by atoms with E-state index in [4.69, 9.17) is 0 Å². The van der Waals surface area contributed by atoms with Crippen LogP contribution in [0.5, 0.6) is 0 Å². The largest absolute Gasteiger partial charge is 0.481 e. The average Bonchev–Trinajstić information content (AvgIpc) is 2.90. The third-order valence-corrected chi connectivity index (χ3v) is 4.36. The van der Waals surface area contributed by atoms with Crippen molar-refractivity contribution in [3.8, 4) is 0 Å². The number of hydrogen-bond donors (Lipinski definition) is 1. The Morgan fingerprint density at radius 2 is 1.75 bits per heavy atom. The number of nitrogens with zero attached hydrogens (tertiary/aromatic N) is 1. The number of rotatable bonds is 5. The fraction of sp³-hybridized carbons (Fsp3) is 0.200. The molecule has 1 aromatic heterocycles. The first-order chi connectivity index (χ1) is 11.5. The highest BCUT2D eigenvalue weighted by atomic mass is 16.4. The number of carboxylic acid groups (broad SMARTS) is 1. The van der Waals surface area contributed by atoms with Gasteiger partial charge >= 0.3 is 5.97 Å². The van der Waals surface area contributed by atoms with Crippen LogP contribution in [-0.4, -0.2) is 21.4 Å². The maximum Gasteiger partial charge on any atom is 0.311 e. The minimum atomic E-state index is -0.980. The zero-order valence-corrected chi connectivity index (χ0v) is 13.7. The first-order valence-electron chi connectivity index (χ1n) is 7.84. The van der Waals surface area contributed by atoms with Crippen molar-refractivity contribution in [3.63, 3.8) is 0 Å². The molecule has 0 fully saturated rings. The van der Waals surface area contributed by atoms with E-state index in [1.165, 1.54) is 0 Å². The molecular formula is C20H19NO3. The SMILES string of the molecule is Cc1ccc(C(=O)CC(C(=O)O)c2cn(C)c3ccccc23)cc1. The minimum absolute atomic E-state index is 0.0492. The summed E-state index contributed by atoms with van der Waals surface area (Å²) in [5.41, 5.74) is 3.25. The van der Waals surface area contributed by atoms with Gasteiger partial charge in [0, 0.05) is 36.1 Å². The Bertz CT molecular complexity index is 906. The number of carboxylic acids is 1. The Hall–Kier alpha value is -2.88. The maximum atomic E-state index is 12.5. The topological polar surface area (TPSA) is 59.3 Å². The molecule has 1 unspecified atom stereocenters. The molecule has 0 radical (unpaired) electrons. The molecule has 24 heavy (non-hydrogen) atoms. The summed E-state index contributed by atoms with van der Waals surface area (Å²) in [7, 11) is 1.88. The van der Waals surface area contributed by atoms with Crippen LogP contribution >= 0.6 is 0 Å². The lowest BCUT2D eigenvalue weighted by atomic mass is 9.91. The molecule has 0 amide bonds. The Labute approximate surface area is 140 Å². The van der Waals surface area contributed by atoms with Gasteiger partial charge in [0.1, 0.15) is 0 Å². The number of carbonyl (C=O) groups is 2. The summed E-state index contributed by atoms with van der Waals surface area (Å²) in [5.74, 6) is -1.99. The van der Waals surface area contributed by atoms with Crippen molar-refractivity contribution in [1.29, 1.82) is 0 Å². The Morgan fingerprint density at radius 1 is 1.08 bits per heavy atom. The summed E-state index contributed by atoms with van der Waals surface area (Å²) in [6.45, 7) is 1.95. The molecule has 1 N–H and O–H groups in total. The van der Waals surface area contributed by atoms with Crippen LogP contribution in [0, 0.1) is 6.92 Å². The first-order valence-corrected chi connectivity index (χ1v) is 7.84. The standard InChI is InChI=1S/C20H19NO3/c1-13-7-9-14(10-8-13)19(22)11-16(20(23)24)17-12-21(2)18-6-4-3-5-15(17)18/h3-10,12,16H,11H2,1-2H3,(H,23,24). The van der Waals surface area contributed by atoms with E-state index in [2.05, 4.69) is 0 Å². The molecule has 3 aromatic rings. The smallest absolute Gasteiger partial charge is 0.311 e. The molecule has 0 aliphatic carbocycles. The van der Waals surface area contributed by atoms with Gasteiger partial charge in [0.05, 0.1) is 5.92 Å². The van der Waals surface area contributed by atoms with E-state index >= 15 is 0 Å². The Kier molecular flexibility index (Phi) is 4.21. The van der Waals surface area contributed by atoms with Gasteiger partial charge < -0.3 is 9.67 Å². The van der Waals surface area contributed by atoms with Gasteiger partial charge in [-0.1, -0.05) is 48.0 Å². The maximum absolute atomic E-state index is 12.5. The lowest BCUT2D eigenvalue weighted by Crippen LogP contribution is -2.16. The van der Waals surface area contributed by atoms with Gasteiger partial charge in [-0.25, -0.2) is 0 Å². The van der Waals surface area contributed by atoms with Crippen molar-refractivity contribution < 1.29 is 14.7 Å². The van der Waals surface area contributed by atoms with Crippen LogP contribution in [0.2, 0.25) is 0 Å². The number of fused-ring (bicyclic) bond motifs is 1. The highest BCUT2D eigenvalue weighted by Gasteiger charge is 2.27. The molecule has 1 heterocycles. The van der Waals surface area contributed by atoms with E-state index in [1.807, 2.05) is 61.1 Å². The number of aliphatic carboxylic acids is 1. The van der Waals surface area contributed by atoms with Crippen molar-refractivity contribution in [3.05, 3.63) is 71.4 Å². The van der Waals surface area contributed by atoms with Gasteiger partial charge in [-0.3, -0.25) is 9.59 Å². The molecule has 4 nitrogen and oxygen atoms in total. The molecule has 122 valence electrons. The highest BCUT2D eigenvalue weighted by molar-refractivity contribution is 6.00. The fourth-order valence-corrected chi connectivity index (χ4v) is 3.02. The van der Waals surface area contributed by atoms with Crippen molar-refractivity contribution in [2.24, 2.45) is 7.05 Å². The summed E-state index contributed by atoms with van der Waals surface area (Å²) in [5, 5.41) is 10.6. The molecular weight excluding hydrogens is 302 g/mol. The van der Waals surface area contributed by atoms with Crippen LogP contribution in [0.1, 0.15) is 33.8 Å². The Balaban J connectivity index is 1.96. The van der Waals surface area contributed by atoms with Gasteiger partial charge in [-0.05, 0) is 18.6 Å². The monoisotopic (exact) mass is 321 g/mol. The van der Waals surface area contributed by atoms with Gasteiger partial charge in [0.2, 0.25) is 0 Å².